The van der Waals surface area contributed by atoms with Crippen molar-refractivity contribution in [2.45, 2.75) is 6.54 Å². The van der Waals surface area contributed by atoms with Gasteiger partial charge in [0.25, 0.3) is 11.8 Å². The number of benzene rings is 3. The Labute approximate surface area is 269 Å². The molecule has 7 rings (SSSR count). The van der Waals surface area contributed by atoms with Gasteiger partial charge in [-0.2, -0.15) is 0 Å². The van der Waals surface area contributed by atoms with Crippen LogP contribution >= 0.6 is 0 Å². The second-order valence-electron chi connectivity index (χ2n) is 11.1. The summed E-state index contributed by atoms with van der Waals surface area (Å²) in [6.45, 7) is 6.91. The van der Waals surface area contributed by atoms with Crippen LogP contribution in [-0.4, -0.2) is 74.3 Å². The Bertz CT molecular complexity index is 1630. The lowest BCUT2D eigenvalue weighted by molar-refractivity contribution is -0.137. The van der Waals surface area contributed by atoms with E-state index in [1.807, 2.05) is 72.8 Å². The van der Waals surface area contributed by atoms with Crippen LogP contribution in [0.1, 0.15) is 11.1 Å². The van der Waals surface area contributed by atoms with Crippen molar-refractivity contribution in [3.8, 4) is 0 Å². The SMILES string of the molecule is Nc1ccc(N2CCOCC2)cc1.O=C1C(Nc2ccc(N3CCOCC3)cc2)=C(c2ccccc2)C(=O)N1Cc1cccnc1. The molecule has 3 aromatic carbocycles. The van der Waals surface area contributed by atoms with Gasteiger partial charge in [-0.15, -0.1) is 0 Å². The number of hydrogen-bond acceptors (Lipinski definition) is 9. The number of morpholine rings is 2. The highest BCUT2D eigenvalue weighted by Crippen LogP contribution is 2.32. The van der Waals surface area contributed by atoms with Gasteiger partial charge >= 0.3 is 0 Å². The zero-order chi connectivity index (χ0) is 31.7. The van der Waals surface area contributed by atoms with Crippen LogP contribution in [0, 0.1) is 0 Å². The van der Waals surface area contributed by atoms with Crippen molar-refractivity contribution in [1.29, 1.82) is 0 Å². The molecular weight excluding hydrogens is 580 g/mol. The topological polar surface area (TPSA) is 113 Å². The quantitative estimate of drug-likeness (QED) is 0.230. The number of hydrogen-bond donors (Lipinski definition) is 2. The standard InChI is InChI=1S/C26H24N4O3.C10H14N2O/c31-25-23(20-6-2-1-3-7-20)24(26(32)30(25)18-19-5-4-12-27-17-19)28-21-8-10-22(11-9-21)29-13-15-33-16-14-29;11-9-1-3-10(4-2-9)12-5-7-13-8-6-12/h1-12,17,28H,13-16,18H2;1-4H,5-8,11H2. The summed E-state index contributed by atoms with van der Waals surface area (Å²) in [5.41, 5.74) is 11.7. The van der Waals surface area contributed by atoms with Crippen molar-refractivity contribution >= 4 is 40.1 Å². The summed E-state index contributed by atoms with van der Waals surface area (Å²) in [7, 11) is 0. The number of nitrogen functional groups attached to an aromatic ring is 1. The van der Waals surface area contributed by atoms with Crippen molar-refractivity contribution < 1.29 is 19.1 Å². The van der Waals surface area contributed by atoms with E-state index >= 15 is 0 Å². The summed E-state index contributed by atoms with van der Waals surface area (Å²) in [6, 6.07) is 28.8. The summed E-state index contributed by atoms with van der Waals surface area (Å²) in [4.78, 5) is 36.7. The molecule has 2 saturated heterocycles. The minimum Gasteiger partial charge on any atom is -0.399 e. The van der Waals surface area contributed by atoms with Gasteiger partial charge in [0.1, 0.15) is 5.70 Å². The molecule has 0 bridgehead atoms. The lowest BCUT2D eigenvalue weighted by atomic mass is 10.0. The Hall–Kier alpha value is -5.19. The monoisotopic (exact) mass is 618 g/mol. The third-order valence-corrected chi connectivity index (χ3v) is 8.08. The van der Waals surface area contributed by atoms with Crippen LogP contribution in [0.25, 0.3) is 5.57 Å². The summed E-state index contributed by atoms with van der Waals surface area (Å²) >= 11 is 0. The van der Waals surface area contributed by atoms with Gasteiger partial charge in [-0.3, -0.25) is 19.5 Å². The zero-order valence-corrected chi connectivity index (χ0v) is 25.7. The van der Waals surface area contributed by atoms with Gasteiger partial charge in [0.15, 0.2) is 0 Å². The van der Waals surface area contributed by atoms with Crippen molar-refractivity contribution in [2.75, 3.05) is 73.5 Å². The van der Waals surface area contributed by atoms with E-state index in [1.54, 1.807) is 18.5 Å². The number of imide groups is 1. The first-order valence-corrected chi connectivity index (χ1v) is 15.5. The smallest absolute Gasteiger partial charge is 0.278 e. The first-order chi connectivity index (χ1) is 22.6. The number of anilines is 4. The molecule has 2 amide bonds. The van der Waals surface area contributed by atoms with Crippen LogP contribution in [0.5, 0.6) is 0 Å². The van der Waals surface area contributed by atoms with E-state index in [0.717, 1.165) is 75.2 Å². The Morgan fingerprint density at radius 2 is 1.28 bits per heavy atom. The molecule has 0 aliphatic carbocycles. The zero-order valence-electron chi connectivity index (χ0n) is 25.7. The minimum absolute atomic E-state index is 0.170. The fourth-order valence-corrected chi connectivity index (χ4v) is 5.61. The lowest BCUT2D eigenvalue weighted by Crippen LogP contribution is -2.36. The third kappa shape index (κ3) is 7.36. The maximum absolute atomic E-state index is 13.4. The van der Waals surface area contributed by atoms with E-state index < -0.39 is 0 Å². The average Bonchev–Trinajstić information content (AvgIpc) is 3.34. The van der Waals surface area contributed by atoms with Gasteiger partial charge in [0, 0.05) is 61.3 Å². The van der Waals surface area contributed by atoms with Gasteiger partial charge in [-0.1, -0.05) is 36.4 Å². The van der Waals surface area contributed by atoms with Crippen molar-refractivity contribution in [2.24, 2.45) is 0 Å². The molecule has 0 spiro atoms. The third-order valence-electron chi connectivity index (χ3n) is 8.08. The molecule has 0 saturated carbocycles. The molecule has 3 aliphatic rings. The molecule has 2 fully saturated rings. The molecule has 0 unspecified atom stereocenters. The van der Waals surface area contributed by atoms with Gasteiger partial charge < -0.3 is 30.3 Å². The largest absolute Gasteiger partial charge is 0.399 e. The highest BCUT2D eigenvalue weighted by Gasteiger charge is 2.39. The Kier molecular flexibility index (Phi) is 9.87. The highest BCUT2D eigenvalue weighted by molar-refractivity contribution is 6.36. The Morgan fingerprint density at radius 3 is 1.85 bits per heavy atom. The number of carbonyl (C=O) groups is 2. The first-order valence-electron chi connectivity index (χ1n) is 15.5. The Morgan fingerprint density at radius 1 is 0.696 bits per heavy atom. The summed E-state index contributed by atoms with van der Waals surface area (Å²) in [5.74, 6) is -0.664. The molecule has 4 heterocycles. The summed E-state index contributed by atoms with van der Waals surface area (Å²) in [6.07, 6.45) is 3.33. The number of aromatic nitrogens is 1. The maximum atomic E-state index is 13.4. The molecule has 3 aliphatic heterocycles. The number of rotatable bonds is 7. The minimum atomic E-state index is -0.347. The number of nitrogens with two attached hydrogens (primary N) is 1. The molecule has 4 aromatic rings. The number of ether oxygens (including phenoxy) is 2. The fourth-order valence-electron chi connectivity index (χ4n) is 5.61. The molecule has 3 N–H and O–H groups in total. The maximum Gasteiger partial charge on any atom is 0.278 e. The van der Waals surface area contributed by atoms with E-state index in [1.165, 1.54) is 10.6 Å². The van der Waals surface area contributed by atoms with Gasteiger partial charge in [-0.05, 0) is 65.7 Å². The molecular formula is C36H38N6O4. The van der Waals surface area contributed by atoms with Crippen molar-refractivity contribution in [1.82, 2.24) is 9.88 Å². The second-order valence-corrected chi connectivity index (χ2v) is 11.1. The van der Waals surface area contributed by atoms with Crippen molar-refractivity contribution in [3.63, 3.8) is 0 Å². The summed E-state index contributed by atoms with van der Waals surface area (Å²) in [5, 5.41) is 3.22. The summed E-state index contributed by atoms with van der Waals surface area (Å²) < 4.78 is 10.7. The molecule has 10 heteroatoms. The fraction of sp³-hybridized carbons (Fsp3) is 0.250. The van der Waals surface area contributed by atoms with E-state index in [4.69, 9.17) is 15.2 Å². The molecule has 10 nitrogen and oxygen atoms in total. The van der Waals surface area contributed by atoms with Crippen LogP contribution in [0.4, 0.5) is 22.7 Å². The predicted octanol–water partition coefficient (Wildman–Crippen LogP) is 4.42. The van der Waals surface area contributed by atoms with Crippen molar-refractivity contribution in [3.05, 3.63) is 120 Å². The first kappa shape index (κ1) is 30.8. The molecule has 0 atom stereocenters. The number of nitrogens with one attached hydrogen (secondary N) is 1. The van der Waals surface area contributed by atoms with Gasteiger partial charge in [0.2, 0.25) is 0 Å². The predicted molar refractivity (Wildman–Crippen MR) is 180 cm³/mol. The van der Waals surface area contributed by atoms with Crippen LogP contribution in [0.15, 0.2) is 109 Å². The average molecular weight is 619 g/mol. The van der Waals surface area contributed by atoms with Crippen LogP contribution < -0.4 is 20.9 Å². The Balaban J connectivity index is 0.000000238. The number of nitrogens with zero attached hydrogens (tertiary/aromatic N) is 4. The van der Waals surface area contributed by atoms with E-state index in [0.29, 0.717) is 11.1 Å². The number of amides is 2. The van der Waals surface area contributed by atoms with Gasteiger partial charge in [-0.25, -0.2) is 0 Å². The van der Waals surface area contributed by atoms with Crippen LogP contribution in [-0.2, 0) is 25.6 Å². The van der Waals surface area contributed by atoms with Crippen LogP contribution in [0.3, 0.4) is 0 Å². The number of carbonyl (C=O) groups excluding carboxylic acids is 2. The number of pyridine rings is 1. The van der Waals surface area contributed by atoms with E-state index in [-0.39, 0.29) is 24.1 Å². The lowest BCUT2D eigenvalue weighted by Gasteiger charge is -2.29. The van der Waals surface area contributed by atoms with E-state index in [2.05, 4.69) is 32.2 Å². The van der Waals surface area contributed by atoms with Gasteiger partial charge in [0.05, 0.1) is 38.5 Å². The molecule has 236 valence electrons. The molecule has 1 aromatic heterocycles. The molecule has 0 radical (unpaired) electrons. The van der Waals surface area contributed by atoms with E-state index in [9.17, 15) is 9.59 Å². The molecule has 46 heavy (non-hydrogen) atoms. The highest BCUT2D eigenvalue weighted by atomic mass is 16.5. The second kappa shape index (κ2) is 14.7. The normalized spacial score (nSPS) is 16.7. The van der Waals surface area contributed by atoms with Crippen LogP contribution in [0.2, 0.25) is 0 Å².